The van der Waals surface area contributed by atoms with E-state index in [2.05, 4.69) is 4.74 Å². The largest absolute Gasteiger partial charge is 0.460 e. The molecular weight excluding hydrogens is 180 g/mol. The number of esters is 1. The Hall–Kier alpha value is -0.840. The molecule has 68 valence electrons. The zero-order valence-electron chi connectivity index (χ0n) is 6.96. The Bertz CT molecular complexity index is 200. The highest BCUT2D eigenvalue weighted by atomic mass is 32.2. The van der Waals surface area contributed by atoms with Crippen LogP contribution < -0.4 is 0 Å². The van der Waals surface area contributed by atoms with Gasteiger partial charge in [-0.05, 0) is 6.92 Å². The van der Waals surface area contributed by atoms with Gasteiger partial charge in [0.2, 0.25) is 5.78 Å². The van der Waals surface area contributed by atoms with Gasteiger partial charge in [0.1, 0.15) is 0 Å². The molecule has 0 N–H and O–H groups in total. The molecule has 0 aromatic rings. The van der Waals surface area contributed by atoms with Crippen molar-refractivity contribution in [1.82, 2.24) is 0 Å². The third kappa shape index (κ3) is 4.90. The van der Waals surface area contributed by atoms with E-state index < -0.39 is 11.8 Å². The lowest BCUT2D eigenvalue weighted by atomic mass is 10.5. The lowest BCUT2D eigenvalue weighted by Gasteiger charge is -1.98. The number of hydrogen-bond acceptors (Lipinski definition) is 5. The molecule has 0 saturated heterocycles. The molecule has 0 unspecified atom stereocenters. The zero-order valence-corrected chi connectivity index (χ0v) is 7.77. The van der Waals surface area contributed by atoms with E-state index in [1.165, 1.54) is 6.92 Å². The first-order valence-electron chi connectivity index (χ1n) is 3.41. The summed E-state index contributed by atoms with van der Waals surface area (Å²) in [5.41, 5.74) is 0. The van der Waals surface area contributed by atoms with Crippen LogP contribution in [0.15, 0.2) is 0 Å². The molecule has 12 heavy (non-hydrogen) atoms. The van der Waals surface area contributed by atoms with Gasteiger partial charge in [-0.3, -0.25) is 9.59 Å². The molecule has 0 aromatic heterocycles. The van der Waals surface area contributed by atoms with Crippen molar-refractivity contribution in [3.8, 4) is 0 Å². The van der Waals surface area contributed by atoms with Crippen LogP contribution in [0, 0.1) is 0 Å². The molecule has 0 aliphatic carbocycles. The van der Waals surface area contributed by atoms with Crippen molar-refractivity contribution in [2.45, 2.75) is 13.8 Å². The number of thioether (sulfide) groups is 1. The average molecular weight is 190 g/mol. The molecule has 0 spiro atoms. The van der Waals surface area contributed by atoms with Gasteiger partial charge in [-0.15, -0.1) is 0 Å². The number of hydrogen-bond donors (Lipinski definition) is 0. The average Bonchev–Trinajstić information content (AvgIpc) is 2.00. The van der Waals surface area contributed by atoms with Crippen molar-refractivity contribution in [2.24, 2.45) is 0 Å². The Kier molecular flexibility index (Phi) is 5.36. The minimum absolute atomic E-state index is 0.131. The maximum atomic E-state index is 10.8. The summed E-state index contributed by atoms with van der Waals surface area (Å²) in [7, 11) is 0. The maximum absolute atomic E-state index is 10.8. The van der Waals surface area contributed by atoms with Gasteiger partial charge in [0.15, 0.2) is 5.12 Å². The molecule has 0 aliphatic heterocycles. The Morgan fingerprint density at radius 1 is 1.33 bits per heavy atom. The van der Waals surface area contributed by atoms with E-state index in [0.717, 1.165) is 11.8 Å². The van der Waals surface area contributed by atoms with Gasteiger partial charge in [0, 0.05) is 6.92 Å². The first kappa shape index (κ1) is 11.2. The number of carbonyl (C=O) groups is 3. The van der Waals surface area contributed by atoms with Crippen molar-refractivity contribution < 1.29 is 19.1 Å². The van der Waals surface area contributed by atoms with Crippen molar-refractivity contribution in [1.29, 1.82) is 0 Å². The van der Waals surface area contributed by atoms with Crippen LogP contribution in [0.1, 0.15) is 13.8 Å². The van der Waals surface area contributed by atoms with E-state index in [0.29, 0.717) is 0 Å². The molecule has 0 amide bonds. The molecule has 0 bridgehead atoms. The third-order valence-electron chi connectivity index (χ3n) is 0.910. The highest BCUT2D eigenvalue weighted by Gasteiger charge is 2.14. The van der Waals surface area contributed by atoms with Crippen LogP contribution >= 0.6 is 11.8 Å². The van der Waals surface area contributed by atoms with E-state index >= 15 is 0 Å². The van der Waals surface area contributed by atoms with Crippen LogP contribution in [-0.4, -0.2) is 29.2 Å². The predicted octanol–water partition coefficient (Wildman–Crippen LogP) is 0.398. The summed E-state index contributed by atoms with van der Waals surface area (Å²) in [6.45, 7) is 3.13. The van der Waals surface area contributed by atoms with Crippen molar-refractivity contribution >= 4 is 28.6 Å². The molecule has 0 aromatic carbocycles. The van der Waals surface area contributed by atoms with Gasteiger partial charge in [-0.25, -0.2) is 4.79 Å². The molecule has 0 atom stereocenters. The van der Waals surface area contributed by atoms with Crippen molar-refractivity contribution in [3.05, 3.63) is 0 Å². The number of ketones is 1. The summed E-state index contributed by atoms with van der Waals surface area (Å²) in [6.07, 6.45) is 0. The summed E-state index contributed by atoms with van der Waals surface area (Å²) in [6, 6.07) is 0. The number of ether oxygens (including phenoxy) is 1. The normalized spacial score (nSPS) is 9.17. The molecule has 0 rings (SSSR count). The molecule has 0 aliphatic rings. The molecule has 0 heterocycles. The van der Waals surface area contributed by atoms with Gasteiger partial charge in [0.25, 0.3) is 0 Å². The van der Waals surface area contributed by atoms with Gasteiger partial charge in [-0.1, -0.05) is 11.8 Å². The molecule has 0 saturated carbocycles. The molecule has 0 radical (unpaired) electrons. The van der Waals surface area contributed by atoms with E-state index in [-0.39, 0.29) is 17.5 Å². The quantitative estimate of drug-likeness (QED) is 0.474. The van der Waals surface area contributed by atoms with E-state index in [1.54, 1.807) is 6.92 Å². The van der Waals surface area contributed by atoms with Gasteiger partial charge < -0.3 is 4.74 Å². The monoisotopic (exact) mass is 190 g/mol. The summed E-state index contributed by atoms with van der Waals surface area (Å²) < 4.78 is 4.42. The maximum Gasteiger partial charge on any atom is 0.375 e. The highest BCUT2D eigenvalue weighted by Crippen LogP contribution is 2.01. The van der Waals surface area contributed by atoms with Crippen LogP contribution in [0.2, 0.25) is 0 Å². The van der Waals surface area contributed by atoms with Gasteiger partial charge >= 0.3 is 5.97 Å². The predicted molar refractivity (Wildman–Crippen MR) is 44.8 cm³/mol. The molecule has 5 heteroatoms. The lowest BCUT2D eigenvalue weighted by molar-refractivity contribution is -0.152. The summed E-state index contributed by atoms with van der Waals surface area (Å²) in [4.78, 5) is 31.8. The Morgan fingerprint density at radius 2 is 1.92 bits per heavy atom. The second kappa shape index (κ2) is 5.77. The van der Waals surface area contributed by atoms with Crippen LogP contribution in [0.3, 0.4) is 0 Å². The van der Waals surface area contributed by atoms with Gasteiger partial charge in [-0.2, -0.15) is 0 Å². The zero-order chi connectivity index (χ0) is 9.56. The van der Waals surface area contributed by atoms with E-state index in [4.69, 9.17) is 0 Å². The third-order valence-corrected chi connectivity index (χ3v) is 1.72. The molecule has 0 fully saturated rings. The standard InChI is InChI=1S/C7H10O4S/c1-3-11-7(10)6(9)4-12-5(2)8/h3-4H2,1-2H3. The van der Waals surface area contributed by atoms with Crippen molar-refractivity contribution in [2.75, 3.05) is 12.4 Å². The Morgan fingerprint density at radius 3 is 2.33 bits per heavy atom. The van der Waals surface area contributed by atoms with Crippen LogP contribution in [0.5, 0.6) is 0 Å². The SMILES string of the molecule is CCOC(=O)C(=O)CSC(C)=O. The number of Topliss-reactive ketones (excluding diaryl/α,β-unsaturated/α-hetero) is 1. The summed E-state index contributed by atoms with van der Waals surface area (Å²) in [5.74, 6) is -1.67. The highest BCUT2D eigenvalue weighted by molar-refractivity contribution is 8.14. The smallest absolute Gasteiger partial charge is 0.375 e. The Balaban J connectivity index is 3.72. The minimum atomic E-state index is -0.869. The fourth-order valence-corrected chi connectivity index (χ4v) is 0.890. The van der Waals surface area contributed by atoms with Crippen LogP contribution in [0.4, 0.5) is 0 Å². The topological polar surface area (TPSA) is 60.4 Å². The Labute approximate surface area is 74.7 Å². The van der Waals surface area contributed by atoms with Crippen LogP contribution in [-0.2, 0) is 19.1 Å². The lowest BCUT2D eigenvalue weighted by Crippen LogP contribution is -2.19. The molecule has 4 nitrogen and oxygen atoms in total. The minimum Gasteiger partial charge on any atom is -0.460 e. The van der Waals surface area contributed by atoms with Gasteiger partial charge in [0.05, 0.1) is 12.4 Å². The summed E-state index contributed by atoms with van der Waals surface area (Å²) in [5, 5.41) is -0.187. The fourth-order valence-electron chi connectivity index (χ4n) is 0.438. The second-order valence-corrected chi connectivity index (χ2v) is 3.08. The first-order chi connectivity index (χ1) is 5.57. The fraction of sp³-hybridized carbons (Fsp3) is 0.571. The first-order valence-corrected chi connectivity index (χ1v) is 4.39. The van der Waals surface area contributed by atoms with E-state index in [9.17, 15) is 14.4 Å². The number of rotatable bonds is 4. The van der Waals surface area contributed by atoms with Crippen molar-refractivity contribution in [3.63, 3.8) is 0 Å². The van der Waals surface area contributed by atoms with E-state index in [1.807, 2.05) is 0 Å². The molecular formula is C7H10O4S. The van der Waals surface area contributed by atoms with Crippen LogP contribution in [0.25, 0.3) is 0 Å². The number of carbonyl (C=O) groups excluding carboxylic acids is 3. The second-order valence-electron chi connectivity index (χ2n) is 1.92. The summed E-state index contributed by atoms with van der Waals surface area (Å²) >= 11 is 0.804.